The number of rotatable bonds is 1. The minimum Gasteiger partial charge on any atom is -0.276 e. The topological polar surface area (TPSA) is 18.5 Å². The van der Waals surface area contributed by atoms with Crippen LogP contribution in [-0.4, -0.2) is 28.0 Å². The third-order valence-corrected chi connectivity index (χ3v) is 2.72. The number of hydrogen-bond donors (Lipinski definition) is 0. The third-order valence-electron chi connectivity index (χ3n) is 1.59. The molecular weight excluding hydrogens is 331 g/mol. The number of hydrogen-bond acceptors (Lipinski definition) is 2. The van der Waals surface area contributed by atoms with Gasteiger partial charge in [0.2, 0.25) is 0 Å². The molecule has 0 aromatic rings. The Morgan fingerprint density at radius 1 is 0.765 bits per heavy atom. The van der Waals surface area contributed by atoms with E-state index in [-0.39, 0.29) is 0 Å². The summed E-state index contributed by atoms with van der Waals surface area (Å²) in [4.78, 5) is 0. The Morgan fingerprint density at radius 2 is 1.06 bits per heavy atom. The van der Waals surface area contributed by atoms with E-state index >= 15 is 0 Å². The van der Waals surface area contributed by atoms with Gasteiger partial charge in [-0.3, -0.25) is 9.47 Å². The molecule has 0 aromatic heterocycles. The van der Waals surface area contributed by atoms with Crippen molar-refractivity contribution in [2.24, 2.45) is 0 Å². The van der Waals surface area contributed by atoms with Crippen molar-refractivity contribution in [1.29, 1.82) is 0 Å². The number of ether oxygens (including phenoxy) is 2. The van der Waals surface area contributed by atoms with Crippen molar-refractivity contribution in [3.8, 4) is 0 Å². The highest BCUT2D eigenvalue weighted by molar-refractivity contribution is 6.33. The zero-order valence-corrected chi connectivity index (χ0v) is 9.36. The first kappa shape index (κ1) is 15.4. The molecule has 0 amide bonds. The van der Waals surface area contributed by atoms with Crippen LogP contribution in [0, 0.1) is 0 Å². The van der Waals surface area contributed by atoms with Gasteiger partial charge in [0.05, 0.1) is 0 Å². The minimum atomic E-state index is -6.31. The summed E-state index contributed by atoms with van der Waals surface area (Å²) in [6.45, 7) is 0. The molecule has 1 aliphatic heterocycles. The van der Waals surface area contributed by atoms with Gasteiger partial charge >= 0.3 is 28.0 Å². The Bertz CT molecular complexity index is 312. The molecule has 3 atom stereocenters. The predicted molar refractivity (Wildman–Crippen MR) is 41.1 cm³/mol. The molecule has 17 heavy (non-hydrogen) atoms. The molecule has 0 bridgehead atoms. The molecule has 0 aromatic carbocycles. The molecule has 0 radical (unpaired) electrons. The molecule has 1 fully saturated rings. The summed E-state index contributed by atoms with van der Waals surface area (Å²) in [6.07, 6.45) is -6.31. The van der Waals surface area contributed by atoms with Gasteiger partial charge in [0.15, 0.2) is 0 Å². The van der Waals surface area contributed by atoms with E-state index < -0.39 is 28.0 Å². The average Bonchev–Trinajstić information content (AvgIpc) is 2.14. The van der Waals surface area contributed by atoms with Gasteiger partial charge in [-0.1, -0.05) is 0 Å². The standard InChI is InChI=1S/C5Cl3F7O2/c6-2(11)3(7,12)17-4(8,16-2)1(9,10)5(13,14)15/t2-,3+,4?. The van der Waals surface area contributed by atoms with E-state index in [1.54, 1.807) is 0 Å². The zero-order chi connectivity index (χ0) is 13.9. The quantitative estimate of drug-likeness (QED) is 0.537. The second kappa shape index (κ2) is 3.66. The van der Waals surface area contributed by atoms with Crippen molar-refractivity contribution in [3.63, 3.8) is 0 Å². The van der Waals surface area contributed by atoms with Gasteiger partial charge in [0, 0.05) is 0 Å². The minimum absolute atomic E-state index is 3.21. The van der Waals surface area contributed by atoms with Crippen LogP contribution < -0.4 is 0 Å². The molecule has 12 heteroatoms. The Balaban J connectivity index is 3.18. The molecule has 1 saturated heterocycles. The highest BCUT2D eigenvalue weighted by Crippen LogP contribution is 2.60. The van der Waals surface area contributed by atoms with Gasteiger partial charge in [-0.05, 0) is 34.8 Å². The second-order valence-electron chi connectivity index (χ2n) is 2.85. The lowest BCUT2D eigenvalue weighted by atomic mass is 10.3. The molecule has 102 valence electrons. The Morgan fingerprint density at radius 3 is 1.29 bits per heavy atom. The van der Waals surface area contributed by atoms with E-state index in [0.717, 1.165) is 0 Å². The van der Waals surface area contributed by atoms with Gasteiger partial charge in [-0.15, -0.1) is 0 Å². The number of halogens is 10. The van der Waals surface area contributed by atoms with Crippen LogP contribution in [0.3, 0.4) is 0 Å². The monoisotopic (exact) mass is 330 g/mol. The highest BCUT2D eigenvalue weighted by Gasteiger charge is 2.82. The normalized spacial score (nSPS) is 44.1. The first-order valence-corrected chi connectivity index (χ1v) is 4.59. The van der Waals surface area contributed by atoms with Gasteiger partial charge in [0.25, 0.3) is 0 Å². The van der Waals surface area contributed by atoms with E-state index in [1.165, 1.54) is 0 Å². The lowest BCUT2D eigenvalue weighted by molar-refractivity contribution is -0.372. The molecule has 1 unspecified atom stereocenters. The van der Waals surface area contributed by atoms with E-state index in [2.05, 4.69) is 44.3 Å². The molecule has 0 spiro atoms. The summed E-state index contributed by atoms with van der Waals surface area (Å²) in [7, 11) is 0. The summed E-state index contributed by atoms with van der Waals surface area (Å²) < 4.78 is 93.5. The molecule has 1 rings (SSSR count). The first-order chi connectivity index (χ1) is 7.16. The average molecular weight is 331 g/mol. The Kier molecular flexibility index (Phi) is 3.30. The SMILES string of the molecule is FC(F)(F)C(F)(F)C1(Cl)O[C@](F)(Cl)[C@](F)(Cl)O1. The fourth-order valence-corrected chi connectivity index (χ4v) is 1.46. The Hall–Kier alpha value is 0.300. The molecular formula is C5Cl3F7O2. The lowest BCUT2D eigenvalue weighted by Gasteiger charge is -2.30. The van der Waals surface area contributed by atoms with Crippen LogP contribution >= 0.6 is 34.8 Å². The Labute approximate surface area is 103 Å². The smallest absolute Gasteiger partial charge is 0.276 e. The number of alkyl halides is 10. The fraction of sp³-hybridized carbons (Fsp3) is 1.00. The molecule has 1 heterocycles. The first-order valence-electron chi connectivity index (χ1n) is 3.46. The predicted octanol–water partition coefficient (Wildman–Crippen LogP) is 3.85. The van der Waals surface area contributed by atoms with Crippen molar-refractivity contribution in [2.45, 2.75) is 28.0 Å². The highest BCUT2D eigenvalue weighted by atomic mass is 35.5. The second-order valence-corrected chi connectivity index (χ2v) is 4.32. The van der Waals surface area contributed by atoms with Gasteiger partial charge in [-0.25, -0.2) is 0 Å². The summed E-state index contributed by atoms with van der Waals surface area (Å²) in [6, 6.07) is 0. The van der Waals surface area contributed by atoms with Gasteiger partial charge in [0.1, 0.15) is 0 Å². The lowest BCUT2D eigenvalue weighted by Crippen LogP contribution is -2.55. The van der Waals surface area contributed by atoms with E-state index in [0.29, 0.717) is 0 Å². The van der Waals surface area contributed by atoms with Crippen molar-refractivity contribution in [1.82, 2.24) is 0 Å². The van der Waals surface area contributed by atoms with Crippen molar-refractivity contribution >= 4 is 34.8 Å². The van der Waals surface area contributed by atoms with Gasteiger partial charge in [-0.2, -0.15) is 30.7 Å². The van der Waals surface area contributed by atoms with Crippen LogP contribution in [0.4, 0.5) is 30.7 Å². The van der Waals surface area contributed by atoms with Crippen LogP contribution in [0.25, 0.3) is 0 Å². The molecule has 0 saturated carbocycles. The summed E-state index contributed by atoms with van der Waals surface area (Å²) in [5, 5.41) is -13.2. The van der Waals surface area contributed by atoms with Crippen LogP contribution in [0.15, 0.2) is 0 Å². The molecule has 0 N–H and O–H groups in total. The summed E-state index contributed by atoms with van der Waals surface area (Å²) in [5.74, 6) is -5.96. The fourth-order valence-electron chi connectivity index (χ4n) is 0.767. The molecule has 2 nitrogen and oxygen atoms in total. The van der Waals surface area contributed by atoms with E-state index in [1.807, 2.05) is 0 Å². The maximum atomic E-state index is 12.9. The van der Waals surface area contributed by atoms with Crippen LogP contribution in [0.2, 0.25) is 0 Å². The van der Waals surface area contributed by atoms with E-state index in [9.17, 15) is 30.7 Å². The molecule has 1 aliphatic rings. The van der Waals surface area contributed by atoms with Crippen LogP contribution in [-0.2, 0) is 9.47 Å². The van der Waals surface area contributed by atoms with Gasteiger partial charge < -0.3 is 0 Å². The zero-order valence-electron chi connectivity index (χ0n) is 7.10. The van der Waals surface area contributed by atoms with Crippen molar-refractivity contribution in [3.05, 3.63) is 0 Å². The van der Waals surface area contributed by atoms with E-state index in [4.69, 9.17) is 0 Å². The third kappa shape index (κ3) is 2.16. The van der Waals surface area contributed by atoms with Crippen LogP contribution in [0.1, 0.15) is 0 Å². The summed E-state index contributed by atoms with van der Waals surface area (Å²) in [5.41, 5.74) is 0. The molecule has 0 aliphatic carbocycles. The maximum absolute atomic E-state index is 12.9. The van der Waals surface area contributed by atoms with Crippen molar-refractivity contribution < 1.29 is 40.2 Å². The van der Waals surface area contributed by atoms with Crippen molar-refractivity contribution in [2.75, 3.05) is 0 Å². The summed E-state index contributed by atoms with van der Waals surface area (Å²) >= 11 is 13.5. The van der Waals surface area contributed by atoms with Crippen LogP contribution in [0.5, 0.6) is 0 Å². The maximum Gasteiger partial charge on any atom is 0.460 e. The largest absolute Gasteiger partial charge is 0.460 e.